The zero-order valence-corrected chi connectivity index (χ0v) is 14.9. The van der Waals surface area contributed by atoms with Gasteiger partial charge in [-0.25, -0.2) is 4.68 Å². The topological polar surface area (TPSA) is 81.9 Å². The minimum Gasteiger partial charge on any atom is -0.480 e. The SMILES string of the molecule is Cc1cc2c(cc1C)OC(C(=O)Nc1ccc(C)c(-n3cnnn3)c1)C2. The summed E-state index contributed by atoms with van der Waals surface area (Å²) in [7, 11) is 0. The molecule has 0 spiro atoms. The van der Waals surface area contributed by atoms with E-state index in [-0.39, 0.29) is 5.91 Å². The Bertz CT molecular complexity index is 951. The molecule has 1 N–H and O–H groups in total. The molecule has 1 aliphatic heterocycles. The largest absolute Gasteiger partial charge is 0.480 e. The van der Waals surface area contributed by atoms with Crippen molar-refractivity contribution in [3.63, 3.8) is 0 Å². The van der Waals surface area contributed by atoms with E-state index in [4.69, 9.17) is 4.74 Å². The van der Waals surface area contributed by atoms with Gasteiger partial charge in [0.2, 0.25) is 0 Å². The standard InChI is InChI=1S/C19H19N5O2/c1-11-4-5-15(9-16(11)24-10-20-22-23-24)21-19(25)18-8-14-6-12(2)13(3)7-17(14)26-18/h4-7,9-10,18H,8H2,1-3H3,(H,21,25). The van der Waals surface area contributed by atoms with E-state index in [9.17, 15) is 4.79 Å². The van der Waals surface area contributed by atoms with Crippen LogP contribution >= 0.6 is 0 Å². The Kier molecular flexibility index (Phi) is 3.91. The van der Waals surface area contributed by atoms with Crippen LogP contribution in [0.4, 0.5) is 5.69 Å². The second-order valence-electron chi connectivity index (χ2n) is 6.60. The molecule has 1 atom stereocenters. The fourth-order valence-electron chi connectivity index (χ4n) is 3.09. The van der Waals surface area contributed by atoms with Crippen molar-refractivity contribution in [2.75, 3.05) is 5.32 Å². The number of nitrogens with zero attached hydrogens (tertiary/aromatic N) is 4. The lowest BCUT2D eigenvalue weighted by Crippen LogP contribution is -2.31. The van der Waals surface area contributed by atoms with Crippen molar-refractivity contribution >= 4 is 11.6 Å². The number of carbonyl (C=O) groups excluding carboxylic acids is 1. The summed E-state index contributed by atoms with van der Waals surface area (Å²) in [6.07, 6.45) is 1.58. The first-order chi connectivity index (χ1) is 12.5. The predicted molar refractivity (Wildman–Crippen MR) is 96.6 cm³/mol. The van der Waals surface area contributed by atoms with E-state index in [2.05, 4.69) is 33.8 Å². The van der Waals surface area contributed by atoms with Crippen molar-refractivity contribution < 1.29 is 9.53 Å². The second-order valence-corrected chi connectivity index (χ2v) is 6.60. The van der Waals surface area contributed by atoms with Crippen LogP contribution in [0.5, 0.6) is 5.75 Å². The highest BCUT2D eigenvalue weighted by Crippen LogP contribution is 2.32. The van der Waals surface area contributed by atoms with Crippen molar-refractivity contribution in [1.29, 1.82) is 0 Å². The summed E-state index contributed by atoms with van der Waals surface area (Å²) in [6, 6.07) is 9.72. The number of benzene rings is 2. The fourth-order valence-corrected chi connectivity index (χ4v) is 3.09. The Morgan fingerprint density at radius 3 is 2.73 bits per heavy atom. The molecule has 132 valence electrons. The van der Waals surface area contributed by atoms with Gasteiger partial charge in [-0.05, 0) is 71.7 Å². The summed E-state index contributed by atoms with van der Waals surface area (Å²) >= 11 is 0. The lowest BCUT2D eigenvalue weighted by molar-refractivity contribution is -0.122. The van der Waals surface area contributed by atoms with Gasteiger partial charge in [-0.3, -0.25) is 4.79 Å². The number of tetrazole rings is 1. The Morgan fingerprint density at radius 1 is 1.15 bits per heavy atom. The van der Waals surface area contributed by atoms with Crippen molar-refractivity contribution in [3.05, 3.63) is 58.9 Å². The summed E-state index contributed by atoms with van der Waals surface area (Å²) in [5, 5.41) is 14.1. The van der Waals surface area contributed by atoms with E-state index in [0.717, 1.165) is 28.1 Å². The monoisotopic (exact) mass is 349 g/mol. The minimum absolute atomic E-state index is 0.164. The number of aromatic nitrogens is 4. The number of nitrogens with one attached hydrogen (secondary N) is 1. The number of carbonyl (C=O) groups is 1. The van der Waals surface area contributed by atoms with Crippen LogP contribution in [0.15, 0.2) is 36.7 Å². The number of anilines is 1. The third kappa shape index (κ3) is 2.92. The lowest BCUT2D eigenvalue weighted by Gasteiger charge is -2.13. The Labute approximate surface area is 151 Å². The van der Waals surface area contributed by atoms with Crippen molar-refractivity contribution in [2.45, 2.75) is 33.3 Å². The third-order valence-electron chi connectivity index (χ3n) is 4.72. The maximum absolute atomic E-state index is 12.7. The van der Waals surface area contributed by atoms with E-state index < -0.39 is 6.10 Å². The van der Waals surface area contributed by atoms with Gasteiger partial charge in [-0.1, -0.05) is 12.1 Å². The van der Waals surface area contributed by atoms with Crippen LogP contribution in [0.1, 0.15) is 22.3 Å². The van der Waals surface area contributed by atoms with Gasteiger partial charge in [0.1, 0.15) is 12.1 Å². The van der Waals surface area contributed by atoms with Crippen molar-refractivity contribution in [1.82, 2.24) is 20.2 Å². The Hall–Kier alpha value is -3.22. The van der Waals surface area contributed by atoms with Crippen LogP contribution in [-0.4, -0.2) is 32.2 Å². The molecule has 26 heavy (non-hydrogen) atoms. The number of aryl methyl sites for hydroxylation is 3. The van der Waals surface area contributed by atoms with Gasteiger partial charge in [0.25, 0.3) is 5.91 Å². The molecule has 0 saturated carbocycles. The molecule has 7 heteroatoms. The summed E-state index contributed by atoms with van der Waals surface area (Å²) in [4.78, 5) is 12.7. The number of hydrogen-bond donors (Lipinski definition) is 1. The molecule has 1 aliphatic rings. The van der Waals surface area contributed by atoms with Crippen LogP contribution < -0.4 is 10.1 Å². The van der Waals surface area contributed by atoms with Gasteiger partial charge >= 0.3 is 0 Å². The Balaban J connectivity index is 1.52. The molecule has 0 bridgehead atoms. The number of fused-ring (bicyclic) bond motifs is 1. The molecule has 7 nitrogen and oxygen atoms in total. The molecular weight excluding hydrogens is 330 g/mol. The summed E-state index contributed by atoms with van der Waals surface area (Å²) in [5.41, 5.74) is 5.94. The van der Waals surface area contributed by atoms with Gasteiger partial charge in [0.15, 0.2) is 6.10 Å². The smallest absolute Gasteiger partial charge is 0.265 e. The van der Waals surface area contributed by atoms with Crippen LogP contribution in [0.25, 0.3) is 5.69 Å². The van der Waals surface area contributed by atoms with E-state index in [1.165, 1.54) is 11.9 Å². The van der Waals surface area contributed by atoms with Crippen LogP contribution in [0, 0.1) is 20.8 Å². The number of hydrogen-bond acceptors (Lipinski definition) is 5. The fraction of sp³-hybridized carbons (Fsp3) is 0.263. The lowest BCUT2D eigenvalue weighted by atomic mass is 10.0. The number of ether oxygens (including phenoxy) is 1. The molecule has 1 amide bonds. The van der Waals surface area contributed by atoms with Gasteiger partial charge in [0.05, 0.1) is 5.69 Å². The highest BCUT2D eigenvalue weighted by Gasteiger charge is 2.29. The maximum Gasteiger partial charge on any atom is 0.265 e. The molecule has 2 aromatic carbocycles. The number of rotatable bonds is 3. The molecule has 0 saturated heterocycles. The molecule has 0 fully saturated rings. The molecule has 1 unspecified atom stereocenters. The molecule has 4 rings (SSSR count). The van der Waals surface area contributed by atoms with E-state index >= 15 is 0 Å². The summed E-state index contributed by atoms with van der Waals surface area (Å²) in [6.45, 7) is 6.07. The molecule has 2 heterocycles. The first-order valence-corrected chi connectivity index (χ1v) is 8.43. The van der Waals surface area contributed by atoms with Gasteiger partial charge in [-0.15, -0.1) is 5.10 Å². The van der Waals surface area contributed by atoms with Crippen LogP contribution in [0.2, 0.25) is 0 Å². The van der Waals surface area contributed by atoms with Crippen LogP contribution in [0.3, 0.4) is 0 Å². The zero-order chi connectivity index (χ0) is 18.3. The van der Waals surface area contributed by atoms with E-state index in [0.29, 0.717) is 12.1 Å². The summed E-state index contributed by atoms with van der Waals surface area (Å²) < 4.78 is 7.42. The highest BCUT2D eigenvalue weighted by atomic mass is 16.5. The van der Waals surface area contributed by atoms with Crippen molar-refractivity contribution in [3.8, 4) is 11.4 Å². The highest BCUT2D eigenvalue weighted by molar-refractivity contribution is 5.95. The first kappa shape index (κ1) is 16.3. The predicted octanol–water partition coefficient (Wildman–Crippen LogP) is 2.53. The van der Waals surface area contributed by atoms with E-state index in [1.54, 1.807) is 4.68 Å². The second kappa shape index (κ2) is 6.25. The van der Waals surface area contributed by atoms with Crippen LogP contribution in [-0.2, 0) is 11.2 Å². The molecule has 0 aliphatic carbocycles. The zero-order valence-electron chi connectivity index (χ0n) is 14.9. The molecular formula is C19H19N5O2. The molecule has 1 aromatic heterocycles. The average Bonchev–Trinajstić information content (AvgIpc) is 3.27. The maximum atomic E-state index is 12.7. The van der Waals surface area contributed by atoms with Gasteiger partial charge in [0, 0.05) is 12.1 Å². The quantitative estimate of drug-likeness (QED) is 0.786. The van der Waals surface area contributed by atoms with E-state index in [1.807, 2.05) is 38.1 Å². The molecule has 0 radical (unpaired) electrons. The third-order valence-corrected chi connectivity index (χ3v) is 4.72. The average molecular weight is 349 g/mol. The van der Waals surface area contributed by atoms with Gasteiger partial charge in [-0.2, -0.15) is 0 Å². The minimum atomic E-state index is -0.524. The normalized spacial score (nSPS) is 15.4. The Morgan fingerprint density at radius 2 is 1.96 bits per heavy atom. The van der Waals surface area contributed by atoms with Crippen molar-refractivity contribution in [2.24, 2.45) is 0 Å². The number of amides is 1. The van der Waals surface area contributed by atoms with Gasteiger partial charge < -0.3 is 10.1 Å². The molecule has 3 aromatic rings. The summed E-state index contributed by atoms with van der Waals surface area (Å²) in [5.74, 6) is 0.634. The first-order valence-electron chi connectivity index (χ1n) is 8.43.